The van der Waals surface area contributed by atoms with Gasteiger partial charge in [-0.05, 0) is 61.5 Å². The molecule has 1 N–H and O–H groups in total. The molecule has 172 valence electrons. The molecular weight excluding hydrogens is 436 g/mol. The first-order chi connectivity index (χ1) is 16.2. The van der Waals surface area contributed by atoms with Crippen LogP contribution >= 0.6 is 12.2 Å². The van der Waals surface area contributed by atoms with Crippen molar-refractivity contribution in [2.75, 3.05) is 25.7 Å². The second kappa shape index (κ2) is 9.41. The van der Waals surface area contributed by atoms with Gasteiger partial charge in [-0.15, -0.1) is 0 Å². The molecule has 2 aliphatic rings. The van der Waals surface area contributed by atoms with E-state index in [0.717, 1.165) is 48.8 Å². The molecule has 0 bridgehead atoms. The summed E-state index contributed by atoms with van der Waals surface area (Å²) in [5.74, 6) is 1.43. The van der Waals surface area contributed by atoms with Gasteiger partial charge >= 0.3 is 0 Å². The summed E-state index contributed by atoms with van der Waals surface area (Å²) in [6, 6.07) is 15.8. The molecule has 3 aromatic rings. The van der Waals surface area contributed by atoms with Gasteiger partial charge in [0.25, 0.3) is 0 Å². The minimum absolute atomic E-state index is 0.119. The number of thiocarbonyl (C=S) groups is 1. The zero-order valence-corrected chi connectivity index (χ0v) is 19.6. The Balaban J connectivity index is 1.60. The van der Waals surface area contributed by atoms with Crippen LogP contribution in [0.1, 0.15) is 36.3 Å². The Hall–Kier alpha value is -3.10. The van der Waals surface area contributed by atoms with Crippen LogP contribution in [-0.2, 0) is 11.3 Å². The maximum absolute atomic E-state index is 5.93. The third-order valence-electron chi connectivity index (χ3n) is 6.34. The quantitative estimate of drug-likeness (QED) is 0.525. The van der Waals surface area contributed by atoms with Crippen LogP contribution in [0.4, 0.5) is 5.69 Å². The lowest BCUT2D eigenvalue weighted by Crippen LogP contribution is -2.31. The molecule has 2 fully saturated rings. The molecule has 0 saturated carbocycles. The molecular formula is C25H28N4O3S. The van der Waals surface area contributed by atoms with Gasteiger partial charge in [-0.3, -0.25) is 4.98 Å². The van der Waals surface area contributed by atoms with Crippen molar-refractivity contribution in [3.8, 4) is 11.5 Å². The first-order valence-corrected chi connectivity index (χ1v) is 11.6. The summed E-state index contributed by atoms with van der Waals surface area (Å²) in [4.78, 5) is 6.79. The third kappa shape index (κ3) is 4.16. The number of hydrogen-bond donors (Lipinski definition) is 1. The minimum Gasteiger partial charge on any atom is -0.497 e. The molecule has 0 aliphatic carbocycles. The van der Waals surface area contributed by atoms with Gasteiger partial charge in [-0.2, -0.15) is 0 Å². The van der Waals surface area contributed by atoms with E-state index in [0.29, 0.717) is 10.9 Å². The molecule has 7 nitrogen and oxygen atoms in total. The average molecular weight is 465 g/mol. The normalized spacial score (nSPS) is 22.4. The summed E-state index contributed by atoms with van der Waals surface area (Å²) in [7, 11) is 3.31. The topological polar surface area (TPSA) is 60.8 Å². The highest BCUT2D eigenvalue weighted by atomic mass is 32.1. The fourth-order valence-electron chi connectivity index (χ4n) is 4.77. The van der Waals surface area contributed by atoms with Crippen molar-refractivity contribution in [2.45, 2.75) is 37.6 Å². The SMILES string of the molecule is COc1ccc(N2C(=S)N[C@@H](c3ccccn3)[C@H]2c2cccn2C[C@@H]2CCCO2)c(OC)c1. The molecule has 0 spiro atoms. The summed E-state index contributed by atoms with van der Waals surface area (Å²) in [5.41, 5.74) is 2.96. The molecule has 5 rings (SSSR count). The highest BCUT2D eigenvalue weighted by Gasteiger charge is 2.43. The molecule has 2 saturated heterocycles. The molecule has 4 heterocycles. The molecule has 1 aromatic carbocycles. The number of nitrogens with one attached hydrogen (secondary N) is 1. The van der Waals surface area contributed by atoms with Crippen molar-refractivity contribution < 1.29 is 14.2 Å². The van der Waals surface area contributed by atoms with Crippen LogP contribution in [0.5, 0.6) is 11.5 Å². The largest absolute Gasteiger partial charge is 0.497 e. The van der Waals surface area contributed by atoms with Gasteiger partial charge in [-0.1, -0.05) is 6.07 Å². The van der Waals surface area contributed by atoms with E-state index in [2.05, 4.69) is 38.1 Å². The van der Waals surface area contributed by atoms with Crippen molar-refractivity contribution in [3.05, 3.63) is 72.3 Å². The molecule has 2 aromatic heterocycles. The van der Waals surface area contributed by atoms with E-state index in [4.69, 9.17) is 26.4 Å². The van der Waals surface area contributed by atoms with Crippen LogP contribution in [0, 0.1) is 0 Å². The number of hydrogen-bond acceptors (Lipinski definition) is 5. The first-order valence-electron chi connectivity index (χ1n) is 11.2. The predicted octanol–water partition coefficient (Wildman–Crippen LogP) is 4.26. The molecule has 33 heavy (non-hydrogen) atoms. The Morgan fingerprint density at radius 1 is 1.15 bits per heavy atom. The van der Waals surface area contributed by atoms with E-state index < -0.39 is 0 Å². The van der Waals surface area contributed by atoms with Gasteiger partial charge in [0.1, 0.15) is 17.5 Å². The lowest BCUT2D eigenvalue weighted by atomic mass is 10.0. The number of pyridine rings is 1. The number of benzene rings is 1. The van der Waals surface area contributed by atoms with Crippen LogP contribution in [0.3, 0.4) is 0 Å². The van der Waals surface area contributed by atoms with E-state index in [9.17, 15) is 0 Å². The second-order valence-electron chi connectivity index (χ2n) is 8.25. The number of anilines is 1. The third-order valence-corrected chi connectivity index (χ3v) is 6.65. The summed E-state index contributed by atoms with van der Waals surface area (Å²) in [6.45, 7) is 1.65. The fraction of sp³-hybridized carbons (Fsp3) is 0.360. The van der Waals surface area contributed by atoms with E-state index in [1.807, 2.05) is 42.6 Å². The molecule has 0 amide bonds. The van der Waals surface area contributed by atoms with Gasteiger partial charge < -0.3 is 29.0 Å². The summed E-state index contributed by atoms with van der Waals surface area (Å²) in [6.07, 6.45) is 6.37. The van der Waals surface area contributed by atoms with Gasteiger partial charge in [0, 0.05) is 37.3 Å². The minimum atomic E-state index is -0.122. The number of nitrogens with zero attached hydrogens (tertiary/aromatic N) is 3. The Morgan fingerprint density at radius 2 is 2.06 bits per heavy atom. The Morgan fingerprint density at radius 3 is 2.79 bits per heavy atom. The Kier molecular flexibility index (Phi) is 6.20. The van der Waals surface area contributed by atoms with Crippen LogP contribution in [-0.4, -0.2) is 41.6 Å². The zero-order chi connectivity index (χ0) is 22.8. The van der Waals surface area contributed by atoms with E-state index >= 15 is 0 Å². The first kappa shape index (κ1) is 21.7. The van der Waals surface area contributed by atoms with Crippen LogP contribution < -0.4 is 19.7 Å². The standard InChI is InChI=1S/C25H28N4O3S/c1-30-17-10-11-20(22(15-17)31-2)29-24(23(27-25(29)33)19-8-3-4-12-26-19)21-9-5-13-28(21)16-18-7-6-14-32-18/h3-5,8-13,15,18,23-24H,6-7,14,16H2,1-2H3,(H,27,33)/t18-,23-,24+/m0/s1. The second-order valence-corrected chi connectivity index (χ2v) is 8.64. The summed E-state index contributed by atoms with van der Waals surface area (Å²) >= 11 is 5.87. The number of rotatable bonds is 7. The maximum atomic E-state index is 5.93. The van der Waals surface area contributed by atoms with Crippen LogP contribution in [0.2, 0.25) is 0 Å². The van der Waals surface area contributed by atoms with Gasteiger partial charge in [0.05, 0.1) is 37.7 Å². The molecule has 0 radical (unpaired) electrons. The monoisotopic (exact) mass is 464 g/mol. The molecule has 0 unspecified atom stereocenters. The molecule has 8 heteroatoms. The van der Waals surface area contributed by atoms with Crippen molar-refractivity contribution in [1.82, 2.24) is 14.9 Å². The van der Waals surface area contributed by atoms with E-state index in [1.54, 1.807) is 14.2 Å². The number of ether oxygens (including phenoxy) is 3. The lowest BCUT2D eigenvalue weighted by Gasteiger charge is -2.30. The van der Waals surface area contributed by atoms with E-state index in [1.165, 1.54) is 0 Å². The molecule has 3 atom stereocenters. The fourth-order valence-corrected chi connectivity index (χ4v) is 5.11. The van der Waals surface area contributed by atoms with Gasteiger partial charge in [0.15, 0.2) is 5.11 Å². The van der Waals surface area contributed by atoms with Gasteiger partial charge in [-0.25, -0.2) is 0 Å². The molecule has 2 aliphatic heterocycles. The highest BCUT2D eigenvalue weighted by molar-refractivity contribution is 7.80. The smallest absolute Gasteiger partial charge is 0.174 e. The highest BCUT2D eigenvalue weighted by Crippen LogP contribution is 2.45. The van der Waals surface area contributed by atoms with Crippen molar-refractivity contribution >= 4 is 23.0 Å². The Bertz CT molecular complexity index is 1110. The summed E-state index contributed by atoms with van der Waals surface area (Å²) < 4.78 is 19.4. The maximum Gasteiger partial charge on any atom is 0.174 e. The zero-order valence-electron chi connectivity index (χ0n) is 18.8. The number of methoxy groups -OCH3 is 2. The van der Waals surface area contributed by atoms with Crippen molar-refractivity contribution in [1.29, 1.82) is 0 Å². The summed E-state index contributed by atoms with van der Waals surface area (Å²) in [5, 5.41) is 4.15. The number of aromatic nitrogens is 2. The van der Waals surface area contributed by atoms with Crippen LogP contribution in [0.15, 0.2) is 60.9 Å². The predicted molar refractivity (Wildman–Crippen MR) is 131 cm³/mol. The van der Waals surface area contributed by atoms with Crippen LogP contribution in [0.25, 0.3) is 0 Å². The average Bonchev–Trinajstić information content (AvgIpc) is 3.60. The van der Waals surface area contributed by atoms with Gasteiger partial charge in [0.2, 0.25) is 0 Å². The Labute approximate surface area is 199 Å². The van der Waals surface area contributed by atoms with Crippen molar-refractivity contribution in [2.24, 2.45) is 0 Å². The van der Waals surface area contributed by atoms with E-state index in [-0.39, 0.29) is 18.2 Å². The lowest BCUT2D eigenvalue weighted by molar-refractivity contribution is 0.0961. The van der Waals surface area contributed by atoms with Crippen molar-refractivity contribution in [3.63, 3.8) is 0 Å².